The van der Waals surface area contributed by atoms with Gasteiger partial charge in [-0.05, 0) is 53.9 Å². The Balaban J connectivity index is 1.53. The van der Waals surface area contributed by atoms with Crippen LogP contribution in [-0.2, 0) is 17.8 Å². The lowest BCUT2D eigenvalue weighted by atomic mass is 9.86. The van der Waals surface area contributed by atoms with E-state index in [0.29, 0.717) is 28.4 Å². The van der Waals surface area contributed by atoms with Crippen LogP contribution in [0.2, 0.25) is 5.02 Å². The molecule has 2 heterocycles. The van der Waals surface area contributed by atoms with Crippen molar-refractivity contribution in [3.8, 4) is 0 Å². The molecule has 2 aromatic carbocycles. The second kappa shape index (κ2) is 8.47. The molecule has 4 rings (SSSR count). The number of benzene rings is 2. The number of nitrogens with zero attached hydrogens (tertiary/aromatic N) is 1. The van der Waals surface area contributed by atoms with Crippen LogP contribution in [-0.4, -0.2) is 22.6 Å². The molecule has 0 bridgehead atoms. The zero-order valence-corrected chi connectivity index (χ0v) is 16.6. The number of carbonyl (C=O) groups is 3. The lowest BCUT2D eigenvalue weighted by Crippen LogP contribution is -2.37. The summed E-state index contributed by atoms with van der Waals surface area (Å²) in [5.41, 5.74) is 2.76. The van der Waals surface area contributed by atoms with Crippen LogP contribution in [0.15, 0.2) is 67.0 Å². The van der Waals surface area contributed by atoms with Crippen molar-refractivity contribution >= 4 is 34.9 Å². The van der Waals surface area contributed by atoms with E-state index in [9.17, 15) is 14.4 Å². The highest BCUT2D eigenvalue weighted by molar-refractivity contribution is 6.30. The van der Waals surface area contributed by atoms with E-state index in [1.807, 2.05) is 12.1 Å². The van der Waals surface area contributed by atoms with E-state index in [0.717, 1.165) is 11.1 Å². The molecule has 1 aliphatic rings. The second-order valence-electron chi connectivity index (χ2n) is 7.04. The monoisotopic (exact) mass is 419 g/mol. The Hall–Kier alpha value is -3.51. The molecule has 7 heteroatoms. The molecule has 30 heavy (non-hydrogen) atoms. The summed E-state index contributed by atoms with van der Waals surface area (Å²) in [4.78, 5) is 42.1. The normalized spacial score (nSPS) is 15.3. The quantitative estimate of drug-likeness (QED) is 0.618. The molecule has 2 amide bonds. The van der Waals surface area contributed by atoms with Crippen molar-refractivity contribution in [1.29, 1.82) is 0 Å². The second-order valence-corrected chi connectivity index (χ2v) is 7.48. The Bertz CT molecular complexity index is 1130. The highest BCUT2D eigenvalue weighted by Crippen LogP contribution is 2.29. The zero-order valence-electron chi connectivity index (χ0n) is 15.9. The van der Waals surface area contributed by atoms with Crippen LogP contribution in [0.1, 0.15) is 31.8 Å². The molecule has 1 atom stereocenters. The predicted octanol–water partition coefficient (Wildman–Crippen LogP) is 3.66. The number of ketones is 1. The van der Waals surface area contributed by atoms with Gasteiger partial charge in [0.1, 0.15) is 5.92 Å². The number of hydrogen-bond donors (Lipinski definition) is 2. The molecule has 0 aliphatic carbocycles. The first kappa shape index (κ1) is 19.8. The highest BCUT2D eigenvalue weighted by Gasteiger charge is 2.34. The van der Waals surface area contributed by atoms with Crippen LogP contribution >= 0.6 is 11.6 Å². The zero-order chi connectivity index (χ0) is 21.1. The minimum atomic E-state index is -0.871. The summed E-state index contributed by atoms with van der Waals surface area (Å²) < 4.78 is 0. The van der Waals surface area contributed by atoms with E-state index in [1.54, 1.807) is 48.8 Å². The Labute approximate surface area is 178 Å². The van der Waals surface area contributed by atoms with Gasteiger partial charge in [-0.1, -0.05) is 29.8 Å². The number of halogens is 1. The predicted molar refractivity (Wildman–Crippen MR) is 113 cm³/mol. The van der Waals surface area contributed by atoms with Gasteiger partial charge in [-0.2, -0.15) is 0 Å². The summed E-state index contributed by atoms with van der Waals surface area (Å²) in [6.07, 6.45) is 3.57. The van der Waals surface area contributed by atoms with Crippen molar-refractivity contribution in [2.45, 2.75) is 13.0 Å². The molecule has 1 aromatic heterocycles. The van der Waals surface area contributed by atoms with Gasteiger partial charge in [0.2, 0.25) is 5.91 Å². The highest BCUT2D eigenvalue weighted by atomic mass is 35.5. The maximum atomic E-state index is 13.0. The van der Waals surface area contributed by atoms with E-state index >= 15 is 0 Å². The van der Waals surface area contributed by atoms with Crippen LogP contribution in [0.5, 0.6) is 0 Å². The molecule has 2 N–H and O–H groups in total. The summed E-state index contributed by atoms with van der Waals surface area (Å²) >= 11 is 6.01. The number of anilines is 1. The minimum absolute atomic E-state index is 0.238. The van der Waals surface area contributed by atoms with E-state index in [1.165, 1.54) is 6.07 Å². The van der Waals surface area contributed by atoms with Crippen molar-refractivity contribution in [3.63, 3.8) is 0 Å². The fraction of sp³-hybridized carbons (Fsp3) is 0.130. The van der Waals surface area contributed by atoms with Crippen LogP contribution in [0.3, 0.4) is 0 Å². The molecule has 150 valence electrons. The van der Waals surface area contributed by atoms with Crippen LogP contribution < -0.4 is 10.6 Å². The number of carbonyl (C=O) groups excluding carboxylic acids is 3. The fourth-order valence-corrected chi connectivity index (χ4v) is 3.61. The van der Waals surface area contributed by atoms with Crippen molar-refractivity contribution in [3.05, 3.63) is 94.3 Å². The molecular formula is C23H18ClN3O3. The van der Waals surface area contributed by atoms with Gasteiger partial charge < -0.3 is 10.6 Å². The molecule has 1 unspecified atom stereocenters. The van der Waals surface area contributed by atoms with Gasteiger partial charge in [-0.15, -0.1) is 0 Å². The van der Waals surface area contributed by atoms with Gasteiger partial charge >= 0.3 is 0 Å². The van der Waals surface area contributed by atoms with E-state index in [-0.39, 0.29) is 24.0 Å². The van der Waals surface area contributed by atoms with Crippen molar-refractivity contribution in [2.75, 3.05) is 5.32 Å². The van der Waals surface area contributed by atoms with Gasteiger partial charge in [0.15, 0.2) is 5.78 Å². The molecule has 6 nitrogen and oxygen atoms in total. The van der Waals surface area contributed by atoms with Gasteiger partial charge in [-0.3, -0.25) is 19.4 Å². The third-order valence-corrected chi connectivity index (χ3v) is 5.18. The number of nitrogens with one attached hydrogen (secondary N) is 2. The van der Waals surface area contributed by atoms with Crippen LogP contribution in [0, 0.1) is 5.92 Å². The first-order chi connectivity index (χ1) is 14.5. The Kier molecular flexibility index (Phi) is 5.59. The number of fused-ring (bicyclic) bond motifs is 1. The number of amides is 2. The van der Waals surface area contributed by atoms with E-state index in [2.05, 4.69) is 15.6 Å². The average molecular weight is 420 g/mol. The van der Waals surface area contributed by atoms with Gasteiger partial charge in [0, 0.05) is 35.1 Å². The van der Waals surface area contributed by atoms with Gasteiger partial charge in [0.25, 0.3) is 5.91 Å². The molecule has 0 fully saturated rings. The van der Waals surface area contributed by atoms with Crippen LogP contribution in [0.4, 0.5) is 5.69 Å². The topological polar surface area (TPSA) is 88.2 Å². The standard InChI is InChI=1S/C23H18ClN3O3/c24-17-5-1-3-14(9-17)10-19-21(28)18-11-16(6-7-20(18)27-23(19)30)22(29)26-13-15-4-2-8-25-12-15/h1-9,11-12,19H,10,13H2,(H,26,29)(H,27,30). The molecule has 0 saturated heterocycles. The fourth-order valence-electron chi connectivity index (χ4n) is 3.40. The summed E-state index contributed by atoms with van der Waals surface area (Å²) in [5, 5.41) is 6.12. The summed E-state index contributed by atoms with van der Waals surface area (Å²) in [7, 11) is 0. The number of hydrogen-bond acceptors (Lipinski definition) is 4. The Morgan fingerprint density at radius 2 is 1.90 bits per heavy atom. The van der Waals surface area contributed by atoms with Crippen LogP contribution in [0.25, 0.3) is 0 Å². The number of aromatic nitrogens is 1. The summed E-state index contributed by atoms with van der Waals surface area (Å²) in [6, 6.07) is 15.4. The third-order valence-electron chi connectivity index (χ3n) is 4.94. The lowest BCUT2D eigenvalue weighted by molar-refractivity contribution is -0.118. The van der Waals surface area contributed by atoms with Crippen molar-refractivity contribution in [1.82, 2.24) is 10.3 Å². The summed E-state index contributed by atoms with van der Waals surface area (Å²) in [6.45, 7) is 0.325. The third kappa shape index (κ3) is 4.23. The maximum absolute atomic E-state index is 13.0. The Morgan fingerprint density at radius 1 is 1.07 bits per heavy atom. The first-order valence-corrected chi connectivity index (χ1v) is 9.80. The summed E-state index contributed by atoms with van der Waals surface area (Å²) in [5.74, 6) is -1.85. The molecule has 0 saturated carbocycles. The van der Waals surface area contributed by atoms with E-state index < -0.39 is 5.92 Å². The largest absolute Gasteiger partial charge is 0.348 e. The molecule has 0 spiro atoms. The lowest BCUT2D eigenvalue weighted by Gasteiger charge is -2.24. The number of pyridine rings is 1. The Morgan fingerprint density at radius 3 is 2.67 bits per heavy atom. The molecule has 0 radical (unpaired) electrons. The van der Waals surface area contributed by atoms with E-state index in [4.69, 9.17) is 11.6 Å². The maximum Gasteiger partial charge on any atom is 0.251 e. The number of rotatable bonds is 5. The SMILES string of the molecule is O=C(NCc1cccnc1)c1ccc2c(c1)C(=O)C(Cc1cccc(Cl)c1)C(=O)N2. The average Bonchev–Trinajstić information content (AvgIpc) is 2.75. The van der Waals surface area contributed by atoms with Gasteiger partial charge in [-0.25, -0.2) is 0 Å². The minimum Gasteiger partial charge on any atom is -0.348 e. The smallest absolute Gasteiger partial charge is 0.251 e. The van der Waals surface area contributed by atoms with Gasteiger partial charge in [0.05, 0.1) is 5.69 Å². The first-order valence-electron chi connectivity index (χ1n) is 9.42. The van der Waals surface area contributed by atoms with Crippen molar-refractivity contribution in [2.24, 2.45) is 5.92 Å². The molecule has 3 aromatic rings. The molecular weight excluding hydrogens is 402 g/mol. The molecule has 1 aliphatic heterocycles. The van der Waals surface area contributed by atoms with Crippen molar-refractivity contribution < 1.29 is 14.4 Å². The number of Topliss-reactive ketones (excluding diaryl/α,β-unsaturated/α-hetero) is 1.